The number of imidazole rings is 1. The van der Waals surface area contributed by atoms with E-state index in [9.17, 15) is 9.90 Å². The maximum absolute atomic E-state index is 12.7. The Kier molecular flexibility index (Phi) is 5.50. The van der Waals surface area contributed by atoms with Crippen molar-refractivity contribution in [2.24, 2.45) is 0 Å². The number of hydrogen-bond donors (Lipinski definition) is 1. The standard InChI is InChI=1S/C23H29N5O3/c1-16-20(28-10-3-2-6-22(28)24-16)15-26-9-4-5-17(14-26)19-13-21(31-25-19)23(30)27-11-7-18(29)8-12-27/h2-3,6,10,13,17-18,29H,4-5,7-9,11-12,14-15H2,1H3. The number of amides is 1. The summed E-state index contributed by atoms with van der Waals surface area (Å²) in [5.41, 5.74) is 4.13. The van der Waals surface area contributed by atoms with Gasteiger partial charge < -0.3 is 18.9 Å². The van der Waals surface area contributed by atoms with Crippen molar-refractivity contribution < 1.29 is 14.4 Å². The lowest BCUT2D eigenvalue weighted by atomic mass is 9.94. The lowest BCUT2D eigenvalue weighted by molar-refractivity contribution is 0.0512. The number of fused-ring (bicyclic) bond motifs is 1. The zero-order valence-corrected chi connectivity index (χ0v) is 17.9. The zero-order valence-electron chi connectivity index (χ0n) is 17.9. The third kappa shape index (κ3) is 4.09. The molecule has 1 amide bonds. The molecule has 5 rings (SSSR count). The van der Waals surface area contributed by atoms with Gasteiger partial charge in [0.05, 0.1) is 23.2 Å². The number of hydrogen-bond acceptors (Lipinski definition) is 6. The van der Waals surface area contributed by atoms with E-state index in [1.165, 1.54) is 5.69 Å². The highest BCUT2D eigenvalue weighted by Crippen LogP contribution is 2.28. The Morgan fingerprint density at radius 1 is 1.23 bits per heavy atom. The van der Waals surface area contributed by atoms with Crippen LogP contribution in [0, 0.1) is 6.92 Å². The van der Waals surface area contributed by atoms with Crippen molar-refractivity contribution in [2.75, 3.05) is 26.2 Å². The minimum Gasteiger partial charge on any atom is -0.393 e. The summed E-state index contributed by atoms with van der Waals surface area (Å²) in [6, 6.07) is 7.90. The lowest BCUT2D eigenvalue weighted by Crippen LogP contribution is -2.39. The Morgan fingerprint density at radius 2 is 2.06 bits per heavy atom. The number of nitrogens with zero attached hydrogens (tertiary/aromatic N) is 5. The van der Waals surface area contributed by atoms with Crippen LogP contribution in [0.4, 0.5) is 0 Å². The van der Waals surface area contributed by atoms with E-state index in [2.05, 4.69) is 32.6 Å². The second-order valence-electron chi connectivity index (χ2n) is 8.79. The van der Waals surface area contributed by atoms with Crippen molar-refractivity contribution in [1.82, 2.24) is 24.3 Å². The van der Waals surface area contributed by atoms with E-state index in [1.54, 1.807) is 4.90 Å². The Hall–Kier alpha value is -2.71. The van der Waals surface area contributed by atoms with Crippen molar-refractivity contribution in [3.05, 3.63) is 53.3 Å². The average Bonchev–Trinajstić information content (AvgIpc) is 3.40. The van der Waals surface area contributed by atoms with Gasteiger partial charge in [-0.05, 0) is 51.3 Å². The third-order valence-electron chi connectivity index (χ3n) is 6.62. The molecule has 3 aromatic heterocycles. The molecule has 2 saturated heterocycles. The highest BCUT2D eigenvalue weighted by atomic mass is 16.5. The molecule has 1 atom stereocenters. The largest absolute Gasteiger partial charge is 0.393 e. The molecule has 2 fully saturated rings. The zero-order chi connectivity index (χ0) is 21.4. The van der Waals surface area contributed by atoms with Gasteiger partial charge in [-0.3, -0.25) is 9.69 Å². The Morgan fingerprint density at radius 3 is 2.90 bits per heavy atom. The van der Waals surface area contributed by atoms with Crippen molar-refractivity contribution in [2.45, 2.75) is 51.2 Å². The van der Waals surface area contributed by atoms with Crippen LogP contribution in [0.3, 0.4) is 0 Å². The van der Waals surface area contributed by atoms with Gasteiger partial charge in [-0.2, -0.15) is 0 Å². The first kappa shape index (κ1) is 20.2. The number of aromatic nitrogens is 3. The van der Waals surface area contributed by atoms with Gasteiger partial charge in [0.1, 0.15) is 5.65 Å². The molecule has 5 heterocycles. The van der Waals surface area contributed by atoms with Gasteiger partial charge in [0.2, 0.25) is 5.76 Å². The summed E-state index contributed by atoms with van der Waals surface area (Å²) in [4.78, 5) is 21.6. The molecule has 8 heteroatoms. The first-order chi connectivity index (χ1) is 15.1. The first-order valence-corrected chi connectivity index (χ1v) is 11.2. The van der Waals surface area contributed by atoms with Crippen LogP contribution in [0.1, 0.15) is 59.2 Å². The molecular weight excluding hydrogens is 394 g/mol. The molecule has 164 valence electrons. The molecule has 2 aliphatic rings. The van der Waals surface area contributed by atoms with Gasteiger partial charge in [0.15, 0.2) is 0 Å². The number of aliphatic hydroxyl groups excluding tert-OH is 1. The van der Waals surface area contributed by atoms with E-state index in [0.29, 0.717) is 31.7 Å². The third-order valence-corrected chi connectivity index (χ3v) is 6.62. The molecule has 2 aliphatic heterocycles. The van der Waals surface area contributed by atoms with E-state index in [1.807, 2.05) is 24.3 Å². The summed E-state index contributed by atoms with van der Waals surface area (Å²) in [5, 5.41) is 13.9. The van der Waals surface area contributed by atoms with Crippen LogP contribution in [0.2, 0.25) is 0 Å². The number of carbonyl (C=O) groups is 1. The highest BCUT2D eigenvalue weighted by Gasteiger charge is 2.29. The van der Waals surface area contributed by atoms with E-state index in [0.717, 1.165) is 49.5 Å². The monoisotopic (exact) mass is 423 g/mol. The van der Waals surface area contributed by atoms with Gasteiger partial charge in [-0.1, -0.05) is 11.2 Å². The summed E-state index contributed by atoms with van der Waals surface area (Å²) in [7, 11) is 0. The van der Waals surface area contributed by atoms with E-state index < -0.39 is 0 Å². The fraction of sp³-hybridized carbons (Fsp3) is 0.522. The number of rotatable bonds is 4. The average molecular weight is 424 g/mol. The summed E-state index contributed by atoms with van der Waals surface area (Å²) in [6.45, 7) is 5.95. The highest BCUT2D eigenvalue weighted by molar-refractivity contribution is 5.91. The fourth-order valence-electron chi connectivity index (χ4n) is 4.81. The van der Waals surface area contributed by atoms with Crippen LogP contribution in [-0.2, 0) is 6.54 Å². The fourth-order valence-corrected chi connectivity index (χ4v) is 4.81. The number of piperidine rings is 2. The van der Waals surface area contributed by atoms with Crippen LogP contribution < -0.4 is 0 Å². The summed E-state index contributed by atoms with van der Waals surface area (Å²) < 4.78 is 7.61. The lowest BCUT2D eigenvalue weighted by Gasteiger charge is -2.31. The second-order valence-corrected chi connectivity index (χ2v) is 8.79. The molecule has 0 aliphatic carbocycles. The van der Waals surface area contributed by atoms with Crippen LogP contribution in [0.25, 0.3) is 5.65 Å². The van der Waals surface area contributed by atoms with Gasteiger partial charge >= 0.3 is 0 Å². The summed E-state index contributed by atoms with van der Waals surface area (Å²) >= 11 is 0. The van der Waals surface area contributed by atoms with Crippen LogP contribution in [0.15, 0.2) is 35.0 Å². The number of pyridine rings is 1. The number of likely N-dealkylation sites (tertiary alicyclic amines) is 2. The first-order valence-electron chi connectivity index (χ1n) is 11.2. The molecule has 8 nitrogen and oxygen atoms in total. The van der Waals surface area contributed by atoms with Crippen LogP contribution in [-0.4, -0.2) is 67.6 Å². The minimum absolute atomic E-state index is 0.125. The van der Waals surface area contributed by atoms with E-state index in [-0.39, 0.29) is 17.9 Å². The SMILES string of the molecule is Cc1nc2ccccn2c1CN1CCCC(c2cc(C(=O)N3CCC(O)CC3)on2)C1. The molecule has 3 aromatic rings. The minimum atomic E-state index is -0.306. The second kappa shape index (κ2) is 8.43. The Labute approximate surface area is 181 Å². The topological polar surface area (TPSA) is 87.1 Å². The van der Waals surface area contributed by atoms with Gasteiger partial charge in [0.25, 0.3) is 5.91 Å². The van der Waals surface area contributed by atoms with Crippen molar-refractivity contribution in [3.8, 4) is 0 Å². The van der Waals surface area contributed by atoms with Crippen molar-refractivity contribution in [3.63, 3.8) is 0 Å². The number of aliphatic hydroxyl groups is 1. The van der Waals surface area contributed by atoms with Gasteiger partial charge in [-0.25, -0.2) is 4.98 Å². The van der Waals surface area contributed by atoms with Gasteiger partial charge in [-0.15, -0.1) is 0 Å². The van der Waals surface area contributed by atoms with Gasteiger partial charge in [0, 0.05) is 44.4 Å². The van der Waals surface area contributed by atoms with Crippen molar-refractivity contribution >= 4 is 11.6 Å². The summed E-state index contributed by atoms with van der Waals surface area (Å²) in [5.74, 6) is 0.433. The molecule has 0 saturated carbocycles. The smallest absolute Gasteiger partial charge is 0.292 e. The molecule has 1 N–H and O–H groups in total. The molecule has 0 bridgehead atoms. The maximum atomic E-state index is 12.7. The molecule has 0 radical (unpaired) electrons. The number of aryl methyl sites for hydroxylation is 1. The molecule has 31 heavy (non-hydrogen) atoms. The summed E-state index contributed by atoms with van der Waals surface area (Å²) in [6.07, 6.45) is 5.12. The predicted octanol–water partition coefficient (Wildman–Crippen LogP) is 2.61. The molecule has 0 aromatic carbocycles. The normalized spacial score (nSPS) is 21.1. The Bertz CT molecular complexity index is 1070. The maximum Gasteiger partial charge on any atom is 0.292 e. The molecule has 1 unspecified atom stereocenters. The van der Waals surface area contributed by atoms with Crippen molar-refractivity contribution in [1.29, 1.82) is 0 Å². The Balaban J connectivity index is 1.26. The van der Waals surface area contributed by atoms with E-state index >= 15 is 0 Å². The predicted molar refractivity (Wildman–Crippen MR) is 115 cm³/mol. The van der Waals surface area contributed by atoms with Crippen LogP contribution in [0.5, 0.6) is 0 Å². The molecule has 0 spiro atoms. The quantitative estimate of drug-likeness (QED) is 0.694. The van der Waals surface area contributed by atoms with Crippen LogP contribution >= 0.6 is 0 Å². The molecular formula is C23H29N5O3. The van der Waals surface area contributed by atoms with E-state index in [4.69, 9.17) is 4.52 Å². The number of carbonyl (C=O) groups excluding carboxylic acids is 1.